The number of rotatable bonds is 22. The standard InChI is InChI=1S/C36H59NO6S2/c1-8-10-12-14-16-18-24-42-31-23-21-30(27-33(31)44(38)39)37-45(40,41)34-26-29(36(6,7)28-35(3,4)5)20-22-32(34)43-25-19-17-15-13-11-9-2/h20-23,26-27,37H,8-19,24-25,28H2,1-7H3,(H,38,39). The molecular weight excluding hydrogens is 607 g/mol. The highest BCUT2D eigenvalue weighted by molar-refractivity contribution is 7.92. The van der Waals surface area contributed by atoms with E-state index in [1.165, 1.54) is 44.6 Å². The van der Waals surface area contributed by atoms with Crippen LogP contribution in [0.4, 0.5) is 5.69 Å². The highest BCUT2D eigenvalue weighted by atomic mass is 32.2. The second-order valence-electron chi connectivity index (χ2n) is 14.0. The number of hydrogen-bond acceptors (Lipinski definition) is 5. The molecule has 0 spiro atoms. The van der Waals surface area contributed by atoms with Crippen molar-refractivity contribution in [3.8, 4) is 11.5 Å². The van der Waals surface area contributed by atoms with Crippen molar-refractivity contribution in [1.82, 2.24) is 0 Å². The second kappa shape index (κ2) is 18.9. The van der Waals surface area contributed by atoms with Crippen molar-refractivity contribution in [2.24, 2.45) is 5.41 Å². The summed E-state index contributed by atoms with van der Waals surface area (Å²) in [4.78, 5) is 0.0869. The van der Waals surface area contributed by atoms with Gasteiger partial charge in [0.15, 0.2) is 11.1 Å². The van der Waals surface area contributed by atoms with E-state index in [0.717, 1.165) is 50.5 Å². The molecule has 0 amide bonds. The van der Waals surface area contributed by atoms with E-state index in [1.54, 1.807) is 24.3 Å². The minimum atomic E-state index is -4.11. The third kappa shape index (κ3) is 14.1. The molecule has 2 aromatic carbocycles. The number of sulfonamides is 1. The van der Waals surface area contributed by atoms with Gasteiger partial charge in [-0.2, -0.15) is 0 Å². The summed E-state index contributed by atoms with van der Waals surface area (Å²) < 4.78 is 64.6. The molecule has 0 radical (unpaired) electrons. The van der Waals surface area contributed by atoms with Crippen LogP contribution in [-0.4, -0.2) is 30.4 Å². The Morgan fingerprint density at radius 3 is 1.78 bits per heavy atom. The molecule has 0 heterocycles. The molecule has 1 unspecified atom stereocenters. The number of hydrogen-bond donors (Lipinski definition) is 2. The Balaban J connectivity index is 2.29. The van der Waals surface area contributed by atoms with Gasteiger partial charge < -0.3 is 14.0 Å². The molecule has 9 heteroatoms. The number of unbranched alkanes of at least 4 members (excludes halogenated alkanes) is 10. The maximum absolute atomic E-state index is 13.9. The first-order valence-corrected chi connectivity index (χ1v) is 19.5. The van der Waals surface area contributed by atoms with Crippen LogP contribution in [-0.2, 0) is 26.5 Å². The lowest BCUT2D eigenvalue weighted by atomic mass is 9.72. The predicted molar refractivity (Wildman–Crippen MR) is 188 cm³/mol. The summed E-state index contributed by atoms with van der Waals surface area (Å²) in [5, 5.41) is 0. The molecule has 0 saturated heterocycles. The maximum Gasteiger partial charge on any atom is 0.265 e. The van der Waals surface area contributed by atoms with Crippen molar-refractivity contribution in [2.45, 2.75) is 147 Å². The van der Waals surface area contributed by atoms with Gasteiger partial charge in [-0.05, 0) is 66.0 Å². The van der Waals surface area contributed by atoms with Gasteiger partial charge in [-0.15, -0.1) is 0 Å². The van der Waals surface area contributed by atoms with Gasteiger partial charge in [-0.25, -0.2) is 12.6 Å². The van der Waals surface area contributed by atoms with Gasteiger partial charge in [0.05, 0.1) is 18.9 Å². The maximum atomic E-state index is 13.9. The number of benzene rings is 2. The van der Waals surface area contributed by atoms with Gasteiger partial charge in [-0.1, -0.05) is 119 Å². The van der Waals surface area contributed by atoms with Crippen molar-refractivity contribution < 1.29 is 26.7 Å². The van der Waals surface area contributed by atoms with Crippen LogP contribution in [0.25, 0.3) is 0 Å². The quantitative estimate of drug-likeness (QED) is 0.0959. The van der Waals surface area contributed by atoms with Crippen molar-refractivity contribution in [1.29, 1.82) is 0 Å². The lowest BCUT2D eigenvalue weighted by Crippen LogP contribution is -2.25. The van der Waals surface area contributed by atoms with Crippen LogP contribution >= 0.6 is 0 Å². The summed E-state index contributed by atoms with van der Waals surface area (Å²) in [6, 6.07) is 9.93. The fourth-order valence-corrected chi connectivity index (χ4v) is 7.60. The van der Waals surface area contributed by atoms with Gasteiger partial charge >= 0.3 is 0 Å². The molecule has 0 aliphatic carbocycles. The Labute approximate surface area is 276 Å². The molecule has 2 rings (SSSR count). The lowest BCUT2D eigenvalue weighted by Gasteiger charge is -2.33. The first kappa shape index (κ1) is 39.1. The minimum absolute atomic E-state index is 0.0285. The minimum Gasteiger partial charge on any atom is -0.492 e. The molecule has 45 heavy (non-hydrogen) atoms. The van der Waals surface area contributed by atoms with Gasteiger partial charge in [0.25, 0.3) is 10.0 Å². The van der Waals surface area contributed by atoms with Crippen LogP contribution in [0.5, 0.6) is 11.5 Å². The molecule has 0 aromatic heterocycles. The summed E-state index contributed by atoms with van der Waals surface area (Å²) in [6.07, 6.45) is 14.1. The molecule has 256 valence electrons. The Morgan fingerprint density at radius 2 is 1.24 bits per heavy atom. The van der Waals surface area contributed by atoms with E-state index in [9.17, 15) is 17.2 Å². The molecule has 2 aromatic rings. The van der Waals surface area contributed by atoms with Crippen molar-refractivity contribution in [2.75, 3.05) is 17.9 Å². The summed E-state index contributed by atoms with van der Waals surface area (Å²) >= 11 is -2.36. The van der Waals surface area contributed by atoms with Gasteiger partial charge in [-0.3, -0.25) is 4.72 Å². The summed E-state index contributed by atoms with van der Waals surface area (Å²) in [5.74, 6) is 0.581. The average molecular weight is 666 g/mol. The van der Waals surface area contributed by atoms with Crippen LogP contribution < -0.4 is 14.2 Å². The van der Waals surface area contributed by atoms with E-state index in [2.05, 4.69) is 53.2 Å². The molecule has 0 aliphatic rings. The zero-order valence-electron chi connectivity index (χ0n) is 28.9. The zero-order chi connectivity index (χ0) is 33.5. The Hall–Kier alpha value is -2.10. The summed E-state index contributed by atoms with van der Waals surface area (Å²) in [7, 11) is -4.11. The first-order chi connectivity index (χ1) is 21.2. The fraction of sp³-hybridized carbons (Fsp3) is 0.667. The van der Waals surface area contributed by atoms with Gasteiger partial charge in [0.1, 0.15) is 21.3 Å². The van der Waals surface area contributed by atoms with Crippen LogP contribution in [0.3, 0.4) is 0 Å². The molecular formula is C36H59NO6S2. The second-order valence-corrected chi connectivity index (χ2v) is 16.6. The van der Waals surface area contributed by atoms with Crippen LogP contribution in [0, 0.1) is 5.41 Å². The summed E-state index contributed by atoms with van der Waals surface area (Å²) in [6.45, 7) is 16.0. The molecule has 1 atom stereocenters. The molecule has 0 saturated carbocycles. The smallest absolute Gasteiger partial charge is 0.265 e. The average Bonchev–Trinajstić information content (AvgIpc) is 2.95. The zero-order valence-corrected chi connectivity index (χ0v) is 30.5. The number of ether oxygens (including phenoxy) is 2. The van der Waals surface area contributed by atoms with E-state index < -0.39 is 21.1 Å². The first-order valence-electron chi connectivity index (χ1n) is 16.9. The third-order valence-corrected chi connectivity index (χ3v) is 9.98. The van der Waals surface area contributed by atoms with Crippen molar-refractivity contribution in [3.05, 3.63) is 42.0 Å². The predicted octanol–water partition coefficient (Wildman–Crippen LogP) is 10.3. The monoisotopic (exact) mass is 665 g/mol. The van der Waals surface area contributed by atoms with E-state index in [4.69, 9.17) is 9.47 Å². The molecule has 2 N–H and O–H groups in total. The summed E-state index contributed by atoms with van der Waals surface area (Å²) in [5.41, 5.74) is 0.847. The Morgan fingerprint density at radius 1 is 0.733 bits per heavy atom. The van der Waals surface area contributed by atoms with E-state index >= 15 is 0 Å². The number of nitrogens with one attached hydrogen (secondary N) is 1. The van der Waals surface area contributed by atoms with Crippen LogP contribution in [0.1, 0.15) is 138 Å². The SMILES string of the molecule is CCCCCCCCOc1ccc(NS(=O)(=O)c2cc(C(C)(C)CC(C)(C)C)ccc2OCCCCCCCC)cc1S(=O)O. The molecule has 0 bridgehead atoms. The normalized spacial score (nSPS) is 13.1. The van der Waals surface area contributed by atoms with Crippen LogP contribution in [0.2, 0.25) is 0 Å². The molecule has 0 aliphatic heterocycles. The molecule has 0 fully saturated rings. The van der Waals surface area contributed by atoms with Crippen molar-refractivity contribution in [3.63, 3.8) is 0 Å². The van der Waals surface area contributed by atoms with Crippen LogP contribution in [0.15, 0.2) is 46.2 Å². The van der Waals surface area contributed by atoms with Gasteiger partial charge in [0.2, 0.25) is 0 Å². The Kier molecular flexibility index (Phi) is 16.4. The largest absolute Gasteiger partial charge is 0.492 e. The highest BCUT2D eigenvalue weighted by Gasteiger charge is 2.30. The van der Waals surface area contributed by atoms with E-state index in [-0.39, 0.29) is 32.1 Å². The third-order valence-electron chi connectivity index (χ3n) is 7.88. The topological polar surface area (TPSA) is 102 Å². The highest BCUT2D eigenvalue weighted by Crippen LogP contribution is 2.39. The Bertz CT molecular complexity index is 1300. The van der Waals surface area contributed by atoms with E-state index in [0.29, 0.717) is 19.0 Å². The van der Waals surface area contributed by atoms with Crippen molar-refractivity contribution >= 4 is 26.8 Å². The van der Waals surface area contributed by atoms with Gasteiger partial charge in [0, 0.05) is 0 Å². The fourth-order valence-electron chi connectivity index (χ4n) is 5.85. The molecule has 7 nitrogen and oxygen atoms in total. The number of anilines is 1. The van der Waals surface area contributed by atoms with E-state index in [1.807, 2.05) is 6.07 Å². The lowest BCUT2D eigenvalue weighted by molar-refractivity contribution is 0.281.